The molecule has 2 unspecified atom stereocenters. The first-order valence-corrected chi connectivity index (χ1v) is 16.4. The van der Waals surface area contributed by atoms with Crippen molar-refractivity contribution in [2.24, 2.45) is 5.73 Å². The van der Waals surface area contributed by atoms with Crippen LogP contribution in [0.1, 0.15) is 45.8 Å². The predicted octanol–water partition coefficient (Wildman–Crippen LogP) is 9.87. The van der Waals surface area contributed by atoms with Crippen LogP contribution < -0.4 is 15.8 Å². The largest absolute Gasteiger partial charge is 0.457 e. The van der Waals surface area contributed by atoms with Gasteiger partial charge >= 0.3 is 0 Å². The highest BCUT2D eigenvalue weighted by molar-refractivity contribution is 5.93. The number of benzene rings is 7. The van der Waals surface area contributed by atoms with Crippen molar-refractivity contribution in [3.63, 3.8) is 0 Å². The molecular formula is C44H34N2O2. The van der Waals surface area contributed by atoms with E-state index in [2.05, 4.69) is 133 Å². The lowest BCUT2D eigenvalue weighted by molar-refractivity contribution is -0.0258. The van der Waals surface area contributed by atoms with E-state index in [-0.39, 0.29) is 0 Å². The first-order chi connectivity index (χ1) is 23.7. The van der Waals surface area contributed by atoms with Crippen molar-refractivity contribution in [3.05, 3.63) is 191 Å². The van der Waals surface area contributed by atoms with E-state index in [1.807, 2.05) is 37.4 Å². The summed E-state index contributed by atoms with van der Waals surface area (Å²) in [5, 5.41) is 5.66. The number of nitrogens with two attached hydrogens (primary N) is 1. The number of fused-ring (bicyclic) bond motifs is 10. The molecule has 0 saturated carbocycles. The summed E-state index contributed by atoms with van der Waals surface area (Å²) in [6.07, 6.45) is -1.08. The fraction of sp³-hybridized carbons (Fsp3) is 0.0909. The summed E-state index contributed by atoms with van der Waals surface area (Å²) in [7, 11) is 1.92. The van der Waals surface area contributed by atoms with Crippen LogP contribution in [-0.4, -0.2) is 7.05 Å². The molecular weight excluding hydrogens is 588 g/mol. The Morgan fingerprint density at radius 3 is 1.96 bits per heavy atom. The smallest absolute Gasteiger partial charge is 0.137 e. The third-order valence-corrected chi connectivity index (χ3v) is 10.1. The van der Waals surface area contributed by atoms with Crippen molar-refractivity contribution in [3.8, 4) is 33.8 Å². The van der Waals surface area contributed by atoms with Gasteiger partial charge in [-0.3, -0.25) is 5.32 Å². The van der Waals surface area contributed by atoms with Gasteiger partial charge in [0.2, 0.25) is 0 Å². The third kappa shape index (κ3) is 4.21. The summed E-state index contributed by atoms with van der Waals surface area (Å²) < 4.78 is 13.4. The van der Waals surface area contributed by atoms with E-state index < -0.39 is 17.9 Å². The van der Waals surface area contributed by atoms with E-state index in [4.69, 9.17) is 15.2 Å². The molecule has 0 fully saturated rings. The van der Waals surface area contributed by atoms with Crippen molar-refractivity contribution < 1.29 is 9.47 Å². The van der Waals surface area contributed by atoms with Gasteiger partial charge in [0.25, 0.3) is 0 Å². The second kappa shape index (κ2) is 11.3. The van der Waals surface area contributed by atoms with Gasteiger partial charge in [0.1, 0.15) is 24.0 Å². The standard InChI is InChI=1S/C44H34N2O2/c1-46-43(48-42(45)29-14-3-2-4-15-29)41-31-16-6-5-13-28(31)23-25-32(41)30-24-26-38-40(27-30)47-39-22-12-11-21-37(39)44(38)35-19-9-7-17-33(35)34-18-8-10-20-36(34)44/h2-27,42-43,46H,45H2,1H3. The molecule has 9 rings (SSSR count). The molecule has 0 aromatic heterocycles. The normalized spacial score (nSPS) is 14.8. The zero-order valence-corrected chi connectivity index (χ0v) is 26.6. The zero-order chi connectivity index (χ0) is 32.2. The van der Waals surface area contributed by atoms with Crippen LogP contribution in [0.3, 0.4) is 0 Å². The van der Waals surface area contributed by atoms with Crippen LogP contribution in [0.25, 0.3) is 33.0 Å². The quantitative estimate of drug-likeness (QED) is 0.181. The molecule has 7 aromatic carbocycles. The number of para-hydroxylation sites is 1. The fourth-order valence-corrected chi connectivity index (χ4v) is 8.01. The van der Waals surface area contributed by atoms with Crippen LogP contribution >= 0.6 is 0 Å². The highest BCUT2D eigenvalue weighted by Crippen LogP contribution is 2.62. The lowest BCUT2D eigenvalue weighted by Crippen LogP contribution is -2.32. The monoisotopic (exact) mass is 622 g/mol. The fourth-order valence-electron chi connectivity index (χ4n) is 8.01. The van der Waals surface area contributed by atoms with Crippen molar-refractivity contribution in [1.29, 1.82) is 0 Å². The molecule has 1 spiro atoms. The highest BCUT2D eigenvalue weighted by Gasteiger charge is 2.50. The van der Waals surface area contributed by atoms with E-state index >= 15 is 0 Å². The van der Waals surface area contributed by atoms with E-state index in [1.54, 1.807) is 0 Å². The SMILES string of the molecule is CNC(OC(N)c1ccccc1)c1c(-c2ccc3c(c2)Oc2ccccc2C32c3ccccc3-c3ccccc32)ccc2ccccc12. The van der Waals surface area contributed by atoms with Crippen LogP contribution in [0, 0.1) is 0 Å². The van der Waals surface area contributed by atoms with E-state index in [0.717, 1.165) is 55.7 Å². The number of hydrogen-bond donors (Lipinski definition) is 2. The van der Waals surface area contributed by atoms with Gasteiger partial charge < -0.3 is 15.2 Å². The molecule has 7 aromatic rings. The van der Waals surface area contributed by atoms with Gasteiger partial charge in [-0.25, -0.2) is 0 Å². The molecule has 0 radical (unpaired) electrons. The van der Waals surface area contributed by atoms with Gasteiger partial charge in [-0.1, -0.05) is 146 Å². The maximum Gasteiger partial charge on any atom is 0.137 e. The van der Waals surface area contributed by atoms with Gasteiger partial charge in [0.15, 0.2) is 0 Å². The Bertz CT molecular complexity index is 2280. The highest BCUT2D eigenvalue weighted by atomic mass is 16.5. The maximum atomic E-state index is 6.83. The Morgan fingerprint density at radius 2 is 1.21 bits per heavy atom. The Kier molecular flexibility index (Phi) is 6.77. The van der Waals surface area contributed by atoms with Gasteiger partial charge in [0.05, 0.1) is 5.41 Å². The van der Waals surface area contributed by atoms with E-state index in [9.17, 15) is 0 Å². The first kappa shape index (κ1) is 28.7. The minimum Gasteiger partial charge on any atom is -0.457 e. The molecule has 1 heterocycles. The summed E-state index contributed by atoms with van der Waals surface area (Å²) in [6, 6.07) is 55.5. The summed E-state index contributed by atoms with van der Waals surface area (Å²) in [5.74, 6) is 1.72. The van der Waals surface area contributed by atoms with Crippen molar-refractivity contribution in [2.75, 3.05) is 7.05 Å². The molecule has 1 aliphatic heterocycles. The van der Waals surface area contributed by atoms with Crippen LogP contribution in [0.4, 0.5) is 0 Å². The van der Waals surface area contributed by atoms with Gasteiger partial charge in [-0.05, 0) is 68.9 Å². The Morgan fingerprint density at radius 1 is 0.583 bits per heavy atom. The van der Waals surface area contributed by atoms with Crippen LogP contribution in [0.5, 0.6) is 11.5 Å². The summed E-state index contributed by atoms with van der Waals surface area (Å²) >= 11 is 0. The molecule has 2 atom stereocenters. The second-order valence-electron chi connectivity index (χ2n) is 12.5. The van der Waals surface area contributed by atoms with Crippen LogP contribution in [0.2, 0.25) is 0 Å². The van der Waals surface area contributed by atoms with Crippen molar-refractivity contribution in [2.45, 2.75) is 17.9 Å². The molecule has 1 aliphatic carbocycles. The topological polar surface area (TPSA) is 56.5 Å². The molecule has 2 aliphatic rings. The van der Waals surface area contributed by atoms with Gasteiger partial charge in [-0.2, -0.15) is 0 Å². The molecule has 4 heteroatoms. The van der Waals surface area contributed by atoms with Crippen molar-refractivity contribution in [1.82, 2.24) is 5.32 Å². The lowest BCUT2D eigenvalue weighted by atomic mass is 9.66. The zero-order valence-electron chi connectivity index (χ0n) is 26.6. The average Bonchev–Trinajstić information content (AvgIpc) is 3.44. The predicted molar refractivity (Wildman–Crippen MR) is 193 cm³/mol. The second-order valence-corrected chi connectivity index (χ2v) is 12.5. The number of hydrogen-bond acceptors (Lipinski definition) is 4. The minimum absolute atomic E-state index is 0.473. The summed E-state index contributed by atoms with van der Waals surface area (Å²) in [6.45, 7) is 0. The average molecular weight is 623 g/mol. The number of rotatable bonds is 6. The maximum absolute atomic E-state index is 6.83. The van der Waals surface area contributed by atoms with E-state index in [0.29, 0.717) is 0 Å². The molecule has 0 bridgehead atoms. The molecule has 232 valence electrons. The molecule has 4 nitrogen and oxygen atoms in total. The Balaban J connectivity index is 1.25. The first-order valence-electron chi connectivity index (χ1n) is 16.4. The lowest BCUT2D eigenvalue weighted by Gasteiger charge is -2.39. The van der Waals surface area contributed by atoms with Gasteiger partial charge in [0, 0.05) is 16.7 Å². The molecule has 0 amide bonds. The molecule has 3 N–H and O–H groups in total. The number of nitrogens with one attached hydrogen (secondary N) is 1. The Labute approximate surface area is 280 Å². The van der Waals surface area contributed by atoms with Crippen molar-refractivity contribution >= 4 is 10.8 Å². The van der Waals surface area contributed by atoms with Crippen LogP contribution in [-0.2, 0) is 10.2 Å². The van der Waals surface area contributed by atoms with E-state index in [1.165, 1.54) is 22.3 Å². The van der Waals surface area contributed by atoms with Gasteiger partial charge in [-0.15, -0.1) is 0 Å². The summed E-state index contributed by atoms with van der Waals surface area (Å²) in [4.78, 5) is 0. The third-order valence-electron chi connectivity index (χ3n) is 10.1. The summed E-state index contributed by atoms with van der Waals surface area (Å²) in [5.41, 5.74) is 17.6. The Hall–Kier alpha value is -5.52. The van der Waals surface area contributed by atoms with Crippen LogP contribution in [0.15, 0.2) is 158 Å². The molecule has 0 saturated heterocycles. The number of ether oxygens (including phenoxy) is 2. The molecule has 48 heavy (non-hydrogen) atoms. The minimum atomic E-state index is -0.610.